The molecule has 1 N–H and O–H groups in total. The highest BCUT2D eigenvalue weighted by molar-refractivity contribution is 4.96. The second kappa shape index (κ2) is 5.99. The van der Waals surface area contributed by atoms with Crippen LogP contribution in [0.1, 0.15) is 40.5 Å². The molecule has 0 spiro atoms. The van der Waals surface area contributed by atoms with Crippen LogP contribution in [0.4, 0.5) is 0 Å². The van der Waals surface area contributed by atoms with Gasteiger partial charge in [-0.25, -0.2) is 0 Å². The van der Waals surface area contributed by atoms with E-state index >= 15 is 0 Å². The fourth-order valence-electron chi connectivity index (χ4n) is 2.58. The van der Waals surface area contributed by atoms with E-state index in [1.54, 1.807) is 0 Å². The van der Waals surface area contributed by atoms with E-state index in [9.17, 15) is 0 Å². The minimum absolute atomic E-state index is 0.295. The van der Waals surface area contributed by atoms with Crippen molar-refractivity contribution in [3.63, 3.8) is 0 Å². The summed E-state index contributed by atoms with van der Waals surface area (Å²) in [6, 6.07) is 0.464. The van der Waals surface area contributed by atoms with Gasteiger partial charge in [-0.2, -0.15) is 0 Å². The lowest BCUT2D eigenvalue weighted by molar-refractivity contribution is -0.0230. The largest absolute Gasteiger partial charge is 0.376 e. The zero-order valence-corrected chi connectivity index (χ0v) is 11.4. The molecule has 0 radical (unpaired) electrons. The van der Waals surface area contributed by atoms with Gasteiger partial charge in [0.1, 0.15) is 0 Å². The average molecular weight is 229 g/mol. The third-order valence-electron chi connectivity index (χ3n) is 3.46. The predicted molar refractivity (Wildman–Crippen MR) is 66.7 cm³/mol. The molecule has 0 amide bonds. The highest BCUT2D eigenvalue weighted by Gasteiger charge is 2.41. The van der Waals surface area contributed by atoms with Crippen LogP contribution in [0.25, 0.3) is 0 Å². The lowest BCUT2D eigenvalue weighted by Gasteiger charge is -2.30. The van der Waals surface area contributed by atoms with Crippen LogP contribution >= 0.6 is 0 Å². The number of likely N-dealkylation sites (N-methyl/N-ethyl adjacent to an activating group) is 1. The highest BCUT2D eigenvalue weighted by Crippen LogP contribution is 2.38. The molecule has 1 rings (SSSR count). The summed E-state index contributed by atoms with van der Waals surface area (Å²) in [6.45, 7) is 10.1. The van der Waals surface area contributed by atoms with Gasteiger partial charge in [0.2, 0.25) is 0 Å². The van der Waals surface area contributed by atoms with E-state index < -0.39 is 0 Å². The molecule has 0 aliphatic heterocycles. The standard InChI is InChI=1S/C13H27NO2/c1-10(2)15-8-9-16-11-6-7-13(3,4)12(11)14-5/h10-12,14H,6-9H2,1-5H3. The molecule has 0 bridgehead atoms. The van der Waals surface area contributed by atoms with E-state index in [0.29, 0.717) is 36.9 Å². The topological polar surface area (TPSA) is 30.5 Å². The van der Waals surface area contributed by atoms with Gasteiger partial charge in [-0.05, 0) is 39.2 Å². The van der Waals surface area contributed by atoms with Crippen molar-refractivity contribution in [3.8, 4) is 0 Å². The van der Waals surface area contributed by atoms with Crippen molar-refractivity contribution in [2.75, 3.05) is 20.3 Å². The van der Waals surface area contributed by atoms with Crippen LogP contribution < -0.4 is 5.32 Å². The van der Waals surface area contributed by atoms with E-state index in [1.165, 1.54) is 6.42 Å². The van der Waals surface area contributed by atoms with Crippen LogP contribution in [-0.2, 0) is 9.47 Å². The summed E-state index contributed by atoms with van der Waals surface area (Å²) in [4.78, 5) is 0. The van der Waals surface area contributed by atoms with E-state index in [4.69, 9.17) is 9.47 Å². The van der Waals surface area contributed by atoms with E-state index in [1.807, 2.05) is 7.05 Å². The lowest BCUT2D eigenvalue weighted by atomic mass is 9.87. The summed E-state index contributed by atoms with van der Waals surface area (Å²) in [7, 11) is 2.03. The first-order chi connectivity index (χ1) is 7.47. The van der Waals surface area contributed by atoms with Crippen molar-refractivity contribution >= 4 is 0 Å². The lowest BCUT2D eigenvalue weighted by Crippen LogP contribution is -2.43. The van der Waals surface area contributed by atoms with Crippen LogP contribution in [0.5, 0.6) is 0 Å². The molecule has 16 heavy (non-hydrogen) atoms. The van der Waals surface area contributed by atoms with Crippen molar-refractivity contribution in [1.29, 1.82) is 0 Å². The molecule has 96 valence electrons. The van der Waals surface area contributed by atoms with E-state index in [2.05, 4.69) is 33.0 Å². The van der Waals surface area contributed by atoms with Crippen molar-refractivity contribution in [1.82, 2.24) is 5.32 Å². The molecular formula is C13H27NO2. The van der Waals surface area contributed by atoms with Crippen molar-refractivity contribution in [3.05, 3.63) is 0 Å². The predicted octanol–water partition coefficient (Wildman–Crippen LogP) is 2.20. The molecule has 3 nitrogen and oxygen atoms in total. The fraction of sp³-hybridized carbons (Fsp3) is 1.00. The van der Waals surface area contributed by atoms with Crippen LogP contribution in [-0.4, -0.2) is 38.5 Å². The maximum atomic E-state index is 5.90. The molecule has 2 unspecified atom stereocenters. The molecule has 1 saturated carbocycles. The van der Waals surface area contributed by atoms with Gasteiger partial charge in [0.25, 0.3) is 0 Å². The van der Waals surface area contributed by atoms with Gasteiger partial charge in [-0.3, -0.25) is 0 Å². The molecule has 1 fully saturated rings. The zero-order chi connectivity index (χ0) is 12.2. The number of ether oxygens (including phenoxy) is 2. The normalized spacial score (nSPS) is 28.9. The molecule has 3 heteroatoms. The SMILES string of the molecule is CNC1C(OCCOC(C)C)CCC1(C)C. The number of nitrogens with one attached hydrogen (secondary N) is 1. The number of hydrogen-bond acceptors (Lipinski definition) is 3. The van der Waals surface area contributed by atoms with Crippen LogP contribution in [0, 0.1) is 5.41 Å². The third-order valence-corrected chi connectivity index (χ3v) is 3.46. The van der Waals surface area contributed by atoms with Gasteiger partial charge in [0.15, 0.2) is 0 Å². The Bertz CT molecular complexity index is 204. The van der Waals surface area contributed by atoms with Crippen molar-refractivity contribution in [2.45, 2.75) is 58.8 Å². The Morgan fingerprint density at radius 2 is 2.00 bits per heavy atom. The third kappa shape index (κ3) is 3.72. The second-order valence-electron chi connectivity index (χ2n) is 5.62. The van der Waals surface area contributed by atoms with Crippen LogP contribution in [0.15, 0.2) is 0 Å². The summed E-state index contributed by atoms with van der Waals surface area (Å²) in [5.74, 6) is 0. The fourth-order valence-corrected chi connectivity index (χ4v) is 2.58. The first-order valence-corrected chi connectivity index (χ1v) is 6.38. The minimum atomic E-state index is 0.295. The highest BCUT2D eigenvalue weighted by atomic mass is 16.5. The molecule has 2 atom stereocenters. The Kier molecular flexibility index (Phi) is 5.22. The zero-order valence-electron chi connectivity index (χ0n) is 11.4. The second-order valence-corrected chi connectivity index (χ2v) is 5.62. The van der Waals surface area contributed by atoms with Gasteiger partial charge in [-0.15, -0.1) is 0 Å². The smallest absolute Gasteiger partial charge is 0.0734 e. The first kappa shape index (κ1) is 13.9. The van der Waals surface area contributed by atoms with Gasteiger partial charge in [0.05, 0.1) is 25.4 Å². The molecule has 0 heterocycles. The molecule has 0 saturated heterocycles. The number of rotatable bonds is 6. The first-order valence-electron chi connectivity index (χ1n) is 6.38. The van der Waals surface area contributed by atoms with Crippen molar-refractivity contribution < 1.29 is 9.47 Å². The minimum Gasteiger partial charge on any atom is -0.376 e. The molecule has 0 aromatic rings. The monoisotopic (exact) mass is 229 g/mol. The van der Waals surface area contributed by atoms with Gasteiger partial charge < -0.3 is 14.8 Å². The molecule has 0 aromatic heterocycles. The van der Waals surface area contributed by atoms with E-state index in [-0.39, 0.29) is 0 Å². The summed E-state index contributed by atoms with van der Waals surface area (Å²) < 4.78 is 11.4. The summed E-state index contributed by atoms with van der Waals surface area (Å²) >= 11 is 0. The molecule has 1 aliphatic rings. The molecule has 0 aromatic carbocycles. The number of hydrogen-bond donors (Lipinski definition) is 1. The van der Waals surface area contributed by atoms with Gasteiger partial charge >= 0.3 is 0 Å². The maximum absolute atomic E-state index is 5.90. The Balaban J connectivity index is 2.27. The van der Waals surface area contributed by atoms with E-state index in [0.717, 1.165) is 6.42 Å². The Labute approximate surface area is 99.9 Å². The van der Waals surface area contributed by atoms with Gasteiger partial charge in [0, 0.05) is 6.04 Å². The van der Waals surface area contributed by atoms with Crippen LogP contribution in [0.3, 0.4) is 0 Å². The summed E-state index contributed by atoms with van der Waals surface area (Å²) in [5.41, 5.74) is 0.346. The summed E-state index contributed by atoms with van der Waals surface area (Å²) in [6.07, 6.45) is 3.02. The molecular weight excluding hydrogens is 202 g/mol. The Hall–Kier alpha value is -0.120. The van der Waals surface area contributed by atoms with Gasteiger partial charge in [-0.1, -0.05) is 13.8 Å². The quantitative estimate of drug-likeness (QED) is 0.708. The maximum Gasteiger partial charge on any atom is 0.0734 e. The Morgan fingerprint density at radius 1 is 1.31 bits per heavy atom. The van der Waals surface area contributed by atoms with Crippen molar-refractivity contribution in [2.24, 2.45) is 5.41 Å². The Morgan fingerprint density at radius 3 is 2.56 bits per heavy atom. The summed E-state index contributed by atoms with van der Waals surface area (Å²) in [5, 5.41) is 3.39. The van der Waals surface area contributed by atoms with Crippen LogP contribution in [0.2, 0.25) is 0 Å². The molecule has 1 aliphatic carbocycles. The average Bonchev–Trinajstić information content (AvgIpc) is 2.48.